The van der Waals surface area contributed by atoms with Gasteiger partial charge in [0.25, 0.3) is 11.8 Å². The van der Waals surface area contributed by atoms with Gasteiger partial charge in [-0.1, -0.05) is 11.6 Å². The van der Waals surface area contributed by atoms with Crippen LogP contribution in [0.1, 0.15) is 40.3 Å². The highest BCUT2D eigenvalue weighted by molar-refractivity contribution is 6.31. The number of ether oxygens (including phenoxy) is 1. The fourth-order valence-corrected chi connectivity index (χ4v) is 3.34. The molecule has 0 aliphatic heterocycles. The smallest absolute Gasteiger partial charge is 0.375 e. The van der Waals surface area contributed by atoms with Gasteiger partial charge in [0, 0.05) is 40.3 Å². The Morgan fingerprint density at radius 2 is 1.74 bits per heavy atom. The van der Waals surface area contributed by atoms with Crippen LogP contribution in [0.3, 0.4) is 0 Å². The molecule has 0 atom stereocenters. The maximum atomic E-state index is 12.3. The molecule has 0 unspecified atom stereocenters. The lowest BCUT2D eigenvalue weighted by molar-refractivity contribution is -0.119. The maximum absolute atomic E-state index is 12.3. The third-order valence-electron chi connectivity index (χ3n) is 4.88. The van der Waals surface area contributed by atoms with Gasteiger partial charge in [-0.15, -0.1) is 0 Å². The summed E-state index contributed by atoms with van der Waals surface area (Å²) in [7, 11) is 0. The number of aryl methyl sites for hydroxylation is 1. The molecule has 7 nitrogen and oxygen atoms in total. The first-order valence-electron chi connectivity index (χ1n) is 9.89. The Balaban J connectivity index is 1.58. The van der Waals surface area contributed by atoms with E-state index in [-0.39, 0.29) is 11.7 Å². The Morgan fingerprint density at radius 3 is 2.39 bits per heavy atom. The molecule has 0 aliphatic carbocycles. The summed E-state index contributed by atoms with van der Waals surface area (Å²) < 4.78 is 10.6. The minimum Gasteiger partial charge on any atom is -0.450 e. The predicted molar refractivity (Wildman–Crippen MR) is 119 cm³/mol. The van der Waals surface area contributed by atoms with E-state index < -0.39 is 18.5 Å². The van der Waals surface area contributed by atoms with Gasteiger partial charge in [-0.05, 0) is 63.2 Å². The Bertz CT molecular complexity index is 1120. The number of nitrogens with one attached hydrogen (secondary N) is 1. The summed E-state index contributed by atoms with van der Waals surface area (Å²) in [6.07, 6.45) is 0. The first-order valence-corrected chi connectivity index (χ1v) is 10.3. The predicted octanol–water partition coefficient (Wildman–Crippen LogP) is 4.67. The molecule has 1 aromatic heterocycles. The number of hydrogen-bond acceptors (Lipinski definition) is 5. The molecule has 3 rings (SSSR count). The van der Waals surface area contributed by atoms with Crippen LogP contribution >= 0.6 is 11.6 Å². The summed E-state index contributed by atoms with van der Waals surface area (Å²) in [5, 5.41) is 3.87. The van der Waals surface area contributed by atoms with Crippen molar-refractivity contribution in [3.8, 4) is 0 Å². The fourth-order valence-electron chi connectivity index (χ4n) is 3.17. The van der Waals surface area contributed by atoms with Crippen molar-refractivity contribution < 1.29 is 23.5 Å². The topological polar surface area (TPSA) is 88.9 Å². The van der Waals surface area contributed by atoms with Gasteiger partial charge >= 0.3 is 5.97 Å². The third kappa shape index (κ3) is 5.06. The summed E-state index contributed by atoms with van der Waals surface area (Å²) >= 11 is 5.98. The van der Waals surface area contributed by atoms with Gasteiger partial charge in [-0.3, -0.25) is 9.59 Å². The molecule has 2 aromatic carbocycles. The van der Waals surface area contributed by atoms with Crippen molar-refractivity contribution in [2.75, 3.05) is 25.0 Å². The summed E-state index contributed by atoms with van der Waals surface area (Å²) in [6.45, 7) is 6.32. The van der Waals surface area contributed by atoms with E-state index in [4.69, 9.17) is 20.8 Å². The number of furan rings is 1. The molecule has 0 saturated carbocycles. The SMILES string of the molecule is CCN(CC)C(=O)c1ccc(NC(=O)COC(=O)c2oc3ccc(Cl)cc3c2C)cc1. The summed E-state index contributed by atoms with van der Waals surface area (Å²) in [5.41, 5.74) is 2.13. The Hall–Kier alpha value is -3.32. The molecule has 31 heavy (non-hydrogen) atoms. The number of halogens is 1. The lowest BCUT2D eigenvalue weighted by Crippen LogP contribution is -2.30. The second-order valence-electron chi connectivity index (χ2n) is 6.88. The van der Waals surface area contributed by atoms with Crippen LogP contribution in [0, 0.1) is 6.92 Å². The molecule has 0 saturated heterocycles. The number of anilines is 1. The normalized spacial score (nSPS) is 10.7. The molecule has 1 N–H and O–H groups in total. The molecule has 0 spiro atoms. The molecular formula is C23H23ClN2O5. The quantitative estimate of drug-likeness (QED) is 0.537. The van der Waals surface area contributed by atoms with Crippen molar-refractivity contribution in [2.24, 2.45) is 0 Å². The molecule has 0 aliphatic rings. The monoisotopic (exact) mass is 442 g/mol. The number of carbonyl (C=O) groups excluding carboxylic acids is 3. The highest BCUT2D eigenvalue weighted by Gasteiger charge is 2.20. The van der Waals surface area contributed by atoms with Crippen LogP contribution in [-0.4, -0.2) is 42.4 Å². The Kier molecular flexibility index (Phi) is 6.97. The number of rotatable bonds is 7. The lowest BCUT2D eigenvalue weighted by Gasteiger charge is -2.18. The number of hydrogen-bond donors (Lipinski definition) is 1. The summed E-state index contributed by atoms with van der Waals surface area (Å²) in [5.74, 6) is -1.28. The van der Waals surface area contributed by atoms with Crippen molar-refractivity contribution in [2.45, 2.75) is 20.8 Å². The van der Waals surface area contributed by atoms with E-state index in [1.165, 1.54) is 0 Å². The van der Waals surface area contributed by atoms with E-state index in [1.807, 2.05) is 13.8 Å². The second kappa shape index (κ2) is 9.66. The lowest BCUT2D eigenvalue weighted by atomic mass is 10.1. The average Bonchev–Trinajstić information content (AvgIpc) is 3.09. The van der Waals surface area contributed by atoms with Crippen LogP contribution in [0.15, 0.2) is 46.9 Å². The van der Waals surface area contributed by atoms with E-state index in [0.717, 1.165) is 0 Å². The number of carbonyl (C=O) groups is 3. The zero-order valence-electron chi connectivity index (χ0n) is 17.5. The van der Waals surface area contributed by atoms with Crippen LogP contribution in [0.4, 0.5) is 5.69 Å². The minimum atomic E-state index is -0.736. The number of nitrogens with zero attached hydrogens (tertiary/aromatic N) is 1. The van der Waals surface area contributed by atoms with Gasteiger partial charge in [-0.2, -0.15) is 0 Å². The highest BCUT2D eigenvalue weighted by Crippen LogP contribution is 2.28. The van der Waals surface area contributed by atoms with Crippen LogP contribution in [0.2, 0.25) is 5.02 Å². The molecule has 0 fully saturated rings. The molecule has 8 heteroatoms. The van der Waals surface area contributed by atoms with E-state index in [0.29, 0.717) is 45.9 Å². The van der Waals surface area contributed by atoms with Gasteiger partial charge in [0.2, 0.25) is 5.76 Å². The van der Waals surface area contributed by atoms with Crippen LogP contribution in [0.25, 0.3) is 11.0 Å². The maximum Gasteiger partial charge on any atom is 0.375 e. The summed E-state index contributed by atoms with van der Waals surface area (Å²) in [6, 6.07) is 11.6. The Morgan fingerprint density at radius 1 is 1.06 bits per heavy atom. The van der Waals surface area contributed by atoms with Crippen LogP contribution < -0.4 is 5.32 Å². The molecule has 162 valence electrons. The molecular weight excluding hydrogens is 420 g/mol. The molecule has 1 heterocycles. The van der Waals surface area contributed by atoms with Gasteiger partial charge in [-0.25, -0.2) is 4.79 Å². The first-order chi connectivity index (χ1) is 14.8. The van der Waals surface area contributed by atoms with E-state index >= 15 is 0 Å². The molecule has 0 bridgehead atoms. The van der Waals surface area contributed by atoms with E-state index in [2.05, 4.69) is 5.32 Å². The van der Waals surface area contributed by atoms with Gasteiger partial charge in [0.15, 0.2) is 6.61 Å². The van der Waals surface area contributed by atoms with Gasteiger partial charge in [0.05, 0.1) is 0 Å². The largest absolute Gasteiger partial charge is 0.450 e. The minimum absolute atomic E-state index is 0.0318. The van der Waals surface area contributed by atoms with Crippen LogP contribution in [0.5, 0.6) is 0 Å². The standard InChI is InChI=1S/C23H23ClN2O5/c1-4-26(5-2)22(28)15-6-9-17(10-7-15)25-20(27)13-30-23(29)21-14(3)18-12-16(24)8-11-19(18)31-21/h6-12H,4-5,13H2,1-3H3,(H,25,27). The third-order valence-corrected chi connectivity index (χ3v) is 5.12. The average molecular weight is 443 g/mol. The number of benzene rings is 2. The number of fused-ring (bicyclic) bond motifs is 1. The van der Waals surface area contributed by atoms with Gasteiger partial charge < -0.3 is 19.4 Å². The second-order valence-corrected chi connectivity index (χ2v) is 7.31. The zero-order chi connectivity index (χ0) is 22.5. The first kappa shape index (κ1) is 22.4. The zero-order valence-corrected chi connectivity index (χ0v) is 18.3. The van der Waals surface area contributed by atoms with Gasteiger partial charge in [0.1, 0.15) is 5.58 Å². The van der Waals surface area contributed by atoms with Crippen molar-refractivity contribution in [1.29, 1.82) is 0 Å². The van der Waals surface area contributed by atoms with Crippen molar-refractivity contribution in [1.82, 2.24) is 4.90 Å². The van der Waals surface area contributed by atoms with Crippen molar-refractivity contribution >= 4 is 46.0 Å². The molecule has 0 radical (unpaired) electrons. The highest BCUT2D eigenvalue weighted by atomic mass is 35.5. The molecule has 2 amide bonds. The van der Waals surface area contributed by atoms with Crippen molar-refractivity contribution in [3.05, 3.63) is 64.4 Å². The van der Waals surface area contributed by atoms with E-state index in [9.17, 15) is 14.4 Å². The van der Waals surface area contributed by atoms with E-state index in [1.54, 1.807) is 54.3 Å². The fraction of sp³-hybridized carbons (Fsp3) is 0.261. The van der Waals surface area contributed by atoms with Crippen LogP contribution in [-0.2, 0) is 9.53 Å². The number of amides is 2. The van der Waals surface area contributed by atoms with Crippen molar-refractivity contribution in [3.63, 3.8) is 0 Å². The number of esters is 1. The summed E-state index contributed by atoms with van der Waals surface area (Å²) in [4.78, 5) is 38.5. The Labute approximate surface area is 184 Å². The molecule has 3 aromatic rings.